The molecule has 1 aromatic heterocycles. The fraction of sp³-hybridized carbons (Fsp3) is 0.375. The van der Waals surface area contributed by atoms with E-state index in [2.05, 4.69) is 4.98 Å². The van der Waals surface area contributed by atoms with Crippen LogP contribution in [-0.2, 0) is 18.0 Å². The van der Waals surface area contributed by atoms with Gasteiger partial charge in [-0.05, 0) is 17.2 Å². The molecule has 0 aromatic carbocycles. The number of aromatic nitrogens is 1. The second-order valence-electron chi connectivity index (χ2n) is 2.70. The molecule has 1 aliphatic heterocycles. The third-order valence-electron chi connectivity index (χ3n) is 1.84. The van der Waals surface area contributed by atoms with Crippen LogP contribution in [-0.4, -0.2) is 17.1 Å². The summed E-state index contributed by atoms with van der Waals surface area (Å²) >= 11 is 0. The highest BCUT2D eigenvalue weighted by Crippen LogP contribution is 2.16. The van der Waals surface area contributed by atoms with Gasteiger partial charge in [0.1, 0.15) is 0 Å². The summed E-state index contributed by atoms with van der Waals surface area (Å²) in [7, 11) is 1.93. The molecule has 0 saturated heterocycles. The van der Waals surface area contributed by atoms with Crippen molar-refractivity contribution in [2.45, 2.75) is 13.2 Å². The van der Waals surface area contributed by atoms with Crippen LogP contribution in [0.1, 0.15) is 11.1 Å². The maximum atomic E-state index is 5.31. The Hall–Kier alpha value is -0.930. The predicted octanol–water partition coefficient (Wildman–Crippen LogP) is 0.959. The molecule has 3 nitrogen and oxygen atoms in total. The zero-order chi connectivity index (χ0) is 7.68. The van der Waals surface area contributed by atoms with Gasteiger partial charge in [0.15, 0.2) is 0 Å². The molecule has 1 aromatic rings. The molecule has 3 heteroatoms. The summed E-state index contributed by atoms with van der Waals surface area (Å²) in [5.74, 6) is 0. The van der Waals surface area contributed by atoms with E-state index in [-0.39, 0.29) is 0 Å². The van der Waals surface area contributed by atoms with Crippen molar-refractivity contribution < 1.29 is 4.84 Å². The van der Waals surface area contributed by atoms with Crippen LogP contribution < -0.4 is 0 Å². The van der Waals surface area contributed by atoms with Crippen molar-refractivity contribution in [1.82, 2.24) is 10.0 Å². The first-order valence-electron chi connectivity index (χ1n) is 3.62. The van der Waals surface area contributed by atoms with E-state index in [1.54, 1.807) is 6.20 Å². The number of nitrogens with zero attached hydrogens (tertiary/aromatic N) is 2. The highest BCUT2D eigenvalue weighted by molar-refractivity contribution is 5.23. The molecule has 0 bridgehead atoms. The summed E-state index contributed by atoms with van der Waals surface area (Å²) in [5.41, 5.74) is 2.51. The summed E-state index contributed by atoms with van der Waals surface area (Å²) in [6.07, 6.45) is 3.70. The molecule has 2 heterocycles. The quantitative estimate of drug-likeness (QED) is 0.550. The molecule has 0 N–H and O–H groups in total. The van der Waals surface area contributed by atoms with E-state index in [0.29, 0.717) is 6.61 Å². The number of rotatable bonds is 0. The van der Waals surface area contributed by atoms with Crippen LogP contribution in [0.5, 0.6) is 0 Å². The van der Waals surface area contributed by atoms with Crippen LogP contribution in [0, 0.1) is 0 Å². The van der Waals surface area contributed by atoms with Crippen molar-refractivity contribution in [3.63, 3.8) is 0 Å². The summed E-state index contributed by atoms with van der Waals surface area (Å²) in [6.45, 7) is 1.51. The molecular weight excluding hydrogens is 140 g/mol. The van der Waals surface area contributed by atoms with Crippen molar-refractivity contribution in [1.29, 1.82) is 0 Å². The molecule has 0 aliphatic carbocycles. The van der Waals surface area contributed by atoms with Crippen LogP contribution in [0.2, 0.25) is 0 Å². The number of fused-ring (bicyclic) bond motifs is 1. The minimum absolute atomic E-state index is 0.675. The average Bonchev–Trinajstić information content (AvgIpc) is 2.04. The Bertz CT molecular complexity index is 262. The van der Waals surface area contributed by atoms with Crippen molar-refractivity contribution in [2.75, 3.05) is 7.05 Å². The fourth-order valence-electron chi connectivity index (χ4n) is 1.20. The Balaban J connectivity index is 2.34. The number of hydrogen-bond acceptors (Lipinski definition) is 3. The topological polar surface area (TPSA) is 25.4 Å². The Kier molecular flexibility index (Phi) is 1.60. The lowest BCUT2D eigenvalue weighted by Crippen LogP contribution is -2.24. The first-order valence-corrected chi connectivity index (χ1v) is 3.62. The predicted molar refractivity (Wildman–Crippen MR) is 40.5 cm³/mol. The van der Waals surface area contributed by atoms with E-state index in [9.17, 15) is 0 Å². The largest absolute Gasteiger partial charge is 0.294 e. The van der Waals surface area contributed by atoms with Crippen molar-refractivity contribution >= 4 is 0 Å². The first kappa shape index (κ1) is 6.76. The maximum absolute atomic E-state index is 5.31. The molecule has 0 fully saturated rings. The Morgan fingerprint density at radius 1 is 1.55 bits per heavy atom. The molecule has 58 valence electrons. The van der Waals surface area contributed by atoms with Crippen molar-refractivity contribution in [3.8, 4) is 0 Å². The molecule has 1 aliphatic rings. The Labute approximate surface area is 65.6 Å². The second-order valence-corrected chi connectivity index (χ2v) is 2.70. The molecule has 0 spiro atoms. The third-order valence-corrected chi connectivity index (χ3v) is 1.84. The number of pyridine rings is 1. The van der Waals surface area contributed by atoms with Gasteiger partial charge in [-0.2, -0.15) is 5.06 Å². The van der Waals surface area contributed by atoms with Crippen LogP contribution in [0.4, 0.5) is 0 Å². The van der Waals surface area contributed by atoms with E-state index in [4.69, 9.17) is 4.84 Å². The van der Waals surface area contributed by atoms with Crippen LogP contribution in [0.15, 0.2) is 18.5 Å². The van der Waals surface area contributed by atoms with E-state index < -0.39 is 0 Å². The fourth-order valence-corrected chi connectivity index (χ4v) is 1.20. The van der Waals surface area contributed by atoms with Gasteiger partial charge in [-0.25, -0.2) is 0 Å². The molecule has 0 radical (unpaired) electrons. The zero-order valence-corrected chi connectivity index (χ0v) is 6.45. The first-order chi connectivity index (χ1) is 5.36. The Morgan fingerprint density at radius 2 is 2.45 bits per heavy atom. The van der Waals surface area contributed by atoms with Gasteiger partial charge in [0.25, 0.3) is 0 Å². The minimum Gasteiger partial charge on any atom is -0.294 e. The monoisotopic (exact) mass is 150 g/mol. The van der Waals surface area contributed by atoms with Crippen molar-refractivity contribution in [3.05, 3.63) is 29.6 Å². The normalized spacial score (nSPS) is 17.9. The van der Waals surface area contributed by atoms with Gasteiger partial charge < -0.3 is 0 Å². The maximum Gasteiger partial charge on any atom is 0.0940 e. The van der Waals surface area contributed by atoms with Crippen molar-refractivity contribution in [2.24, 2.45) is 0 Å². The number of hydroxylamine groups is 2. The van der Waals surface area contributed by atoms with Gasteiger partial charge >= 0.3 is 0 Å². The van der Waals surface area contributed by atoms with Crippen LogP contribution >= 0.6 is 0 Å². The highest BCUT2D eigenvalue weighted by Gasteiger charge is 2.12. The second kappa shape index (κ2) is 2.60. The summed E-state index contributed by atoms with van der Waals surface area (Å²) in [6, 6.07) is 2.00. The van der Waals surface area contributed by atoms with E-state index in [1.165, 1.54) is 11.1 Å². The lowest BCUT2D eigenvalue weighted by molar-refractivity contribution is -0.168. The number of hydrogen-bond donors (Lipinski definition) is 0. The minimum atomic E-state index is 0.675. The molecular formula is C8H10N2O. The SMILES string of the molecule is CN1Cc2cnccc2CO1. The lowest BCUT2D eigenvalue weighted by atomic mass is 10.1. The molecule has 11 heavy (non-hydrogen) atoms. The summed E-state index contributed by atoms with van der Waals surface area (Å²) in [4.78, 5) is 9.36. The average molecular weight is 150 g/mol. The van der Waals surface area contributed by atoms with Gasteiger partial charge in [-0.3, -0.25) is 9.82 Å². The van der Waals surface area contributed by atoms with Crippen LogP contribution in [0.3, 0.4) is 0 Å². The molecule has 0 unspecified atom stereocenters. The molecule has 2 rings (SSSR count). The van der Waals surface area contributed by atoms with Gasteiger partial charge in [0.2, 0.25) is 0 Å². The Morgan fingerprint density at radius 3 is 3.36 bits per heavy atom. The van der Waals surface area contributed by atoms with Crippen LogP contribution in [0.25, 0.3) is 0 Å². The van der Waals surface area contributed by atoms with E-state index in [1.807, 2.05) is 24.4 Å². The molecule has 0 atom stereocenters. The van der Waals surface area contributed by atoms with Gasteiger partial charge in [0, 0.05) is 19.4 Å². The van der Waals surface area contributed by atoms with E-state index >= 15 is 0 Å². The summed E-state index contributed by atoms with van der Waals surface area (Å²) in [5, 5.41) is 1.82. The van der Waals surface area contributed by atoms with Gasteiger partial charge in [-0.15, -0.1) is 0 Å². The van der Waals surface area contributed by atoms with E-state index in [0.717, 1.165) is 6.54 Å². The zero-order valence-electron chi connectivity index (χ0n) is 6.45. The lowest BCUT2D eigenvalue weighted by Gasteiger charge is -2.23. The molecule has 0 amide bonds. The highest BCUT2D eigenvalue weighted by atomic mass is 16.7. The summed E-state index contributed by atoms with van der Waals surface area (Å²) < 4.78 is 0. The standard InChI is InChI=1S/C8H10N2O/c1-10-5-8-4-9-3-2-7(8)6-11-10/h2-4H,5-6H2,1H3. The van der Waals surface area contributed by atoms with Gasteiger partial charge in [0.05, 0.1) is 13.2 Å². The molecule has 0 saturated carbocycles. The third kappa shape index (κ3) is 1.25. The smallest absolute Gasteiger partial charge is 0.0940 e. The van der Waals surface area contributed by atoms with Gasteiger partial charge in [-0.1, -0.05) is 0 Å².